The fourth-order valence-corrected chi connectivity index (χ4v) is 3.71. The molecule has 3 aromatic rings. The molecule has 1 saturated heterocycles. The Morgan fingerprint density at radius 2 is 2.22 bits per heavy atom. The molecular formula is C21H22N4O2. The maximum Gasteiger partial charge on any atom is 0.227 e. The molecule has 0 radical (unpaired) electrons. The number of pyridine rings is 1. The molecule has 6 nitrogen and oxygen atoms in total. The van der Waals surface area contributed by atoms with Crippen molar-refractivity contribution in [1.82, 2.24) is 20.1 Å². The van der Waals surface area contributed by atoms with Crippen LogP contribution < -0.4 is 4.74 Å². The quantitative estimate of drug-likeness (QED) is 0.755. The van der Waals surface area contributed by atoms with Gasteiger partial charge in [0.05, 0.1) is 31.5 Å². The van der Waals surface area contributed by atoms with Gasteiger partial charge in [-0.1, -0.05) is 18.2 Å². The zero-order valence-corrected chi connectivity index (χ0v) is 15.3. The lowest BCUT2D eigenvalue weighted by atomic mass is 10.0. The molecule has 1 N–H and O–H groups in total. The Bertz CT molecular complexity index is 923. The van der Waals surface area contributed by atoms with E-state index < -0.39 is 0 Å². The summed E-state index contributed by atoms with van der Waals surface area (Å²) in [5.41, 5.74) is 3.97. The third-order valence-corrected chi connectivity index (χ3v) is 5.03. The lowest BCUT2D eigenvalue weighted by molar-refractivity contribution is -0.131. The van der Waals surface area contributed by atoms with E-state index in [0.717, 1.165) is 47.5 Å². The molecule has 4 rings (SSSR count). The Labute approximate surface area is 158 Å². The van der Waals surface area contributed by atoms with Crippen molar-refractivity contribution < 1.29 is 9.53 Å². The normalized spacial score (nSPS) is 16.5. The van der Waals surface area contributed by atoms with E-state index in [2.05, 4.69) is 15.2 Å². The maximum atomic E-state index is 12.9. The average molecular weight is 362 g/mol. The molecule has 1 aliphatic heterocycles. The van der Waals surface area contributed by atoms with E-state index in [9.17, 15) is 4.79 Å². The van der Waals surface area contributed by atoms with E-state index in [4.69, 9.17) is 4.74 Å². The van der Waals surface area contributed by atoms with Crippen LogP contribution >= 0.6 is 0 Å². The minimum atomic E-state index is 0.0119. The summed E-state index contributed by atoms with van der Waals surface area (Å²) in [7, 11) is 1.66. The standard InChI is InChI=1S/C21H22N4O2/c1-27-17-7-2-6-16(12-17)18-14-23-24-21(18)19-8-4-10-25(19)20(26)11-15-5-3-9-22-13-15/h2-3,5-7,9,12-14,19H,4,8,10-11H2,1H3,(H,23,24)/t19-/m0/s1. The van der Waals surface area contributed by atoms with Crippen molar-refractivity contribution >= 4 is 5.91 Å². The molecule has 138 valence electrons. The summed E-state index contributed by atoms with van der Waals surface area (Å²) in [6, 6.07) is 11.7. The van der Waals surface area contributed by atoms with Crippen LogP contribution in [0.15, 0.2) is 55.0 Å². The summed E-state index contributed by atoms with van der Waals surface area (Å²) in [6.07, 6.45) is 7.58. The van der Waals surface area contributed by atoms with Crippen LogP contribution in [0.4, 0.5) is 0 Å². The second-order valence-corrected chi connectivity index (χ2v) is 6.71. The zero-order valence-electron chi connectivity index (χ0n) is 15.3. The molecule has 0 unspecified atom stereocenters. The van der Waals surface area contributed by atoms with Crippen molar-refractivity contribution in [2.45, 2.75) is 25.3 Å². The number of amides is 1. The number of benzene rings is 1. The molecule has 0 bridgehead atoms. The van der Waals surface area contributed by atoms with Crippen molar-refractivity contribution in [1.29, 1.82) is 0 Å². The van der Waals surface area contributed by atoms with Crippen LogP contribution in [0.5, 0.6) is 5.75 Å². The van der Waals surface area contributed by atoms with Gasteiger partial charge < -0.3 is 9.64 Å². The number of hydrogen-bond donors (Lipinski definition) is 1. The fourth-order valence-electron chi connectivity index (χ4n) is 3.71. The third-order valence-electron chi connectivity index (χ3n) is 5.03. The Hall–Kier alpha value is -3.15. The monoisotopic (exact) mass is 362 g/mol. The van der Waals surface area contributed by atoms with E-state index >= 15 is 0 Å². The summed E-state index contributed by atoms with van der Waals surface area (Å²) in [6.45, 7) is 0.764. The molecule has 6 heteroatoms. The summed E-state index contributed by atoms with van der Waals surface area (Å²) in [5.74, 6) is 0.923. The first kappa shape index (κ1) is 17.3. The number of carbonyl (C=O) groups is 1. The zero-order chi connectivity index (χ0) is 18.6. The maximum absolute atomic E-state index is 12.9. The van der Waals surface area contributed by atoms with Crippen LogP contribution in [0.2, 0.25) is 0 Å². The summed E-state index contributed by atoms with van der Waals surface area (Å²) >= 11 is 0. The first-order valence-electron chi connectivity index (χ1n) is 9.12. The average Bonchev–Trinajstić information content (AvgIpc) is 3.38. The van der Waals surface area contributed by atoms with Crippen molar-refractivity contribution in [3.63, 3.8) is 0 Å². The van der Waals surface area contributed by atoms with Gasteiger partial charge >= 0.3 is 0 Å². The van der Waals surface area contributed by atoms with Crippen molar-refractivity contribution in [3.05, 3.63) is 66.2 Å². The minimum Gasteiger partial charge on any atom is -0.497 e. The lowest BCUT2D eigenvalue weighted by Crippen LogP contribution is -2.32. The van der Waals surface area contributed by atoms with Crippen LogP contribution in [0, 0.1) is 0 Å². The predicted octanol–water partition coefficient (Wildman–Crippen LogP) is 3.39. The molecule has 2 aromatic heterocycles. The first-order valence-corrected chi connectivity index (χ1v) is 9.12. The van der Waals surface area contributed by atoms with Gasteiger partial charge in [-0.25, -0.2) is 0 Å². The number of methoxy groups -OCH3 is 1. The second-order valence-electron chi connectivity index (χ2n) is 6.71. The fraction of sp³-hybridized carbons (Fsp3) is 0.286. The van der Waals surface area contributed by atoms with E-state index in [1.807, 2.05) is 47.5 Å². The van der Waals surface area contributed by atoms with Gasteiger partial charge in [0.2, 0.25) is 5.91 Å². The lowest BCUT2D eigenvalue weighted by Gasteiger charge is -2.25. The molecule has 0 spiro atoms. The van der Waals surface area contributed by atoms with E-state index in [1.165, 1.54) is 0 Å². The highest BCUT2D eigenvalue weighted by molar-refractivity contribution is 5.80. The van der Waals surface area contributed by atoms with Crippen LogP contribution in [0.1, 0.15) is 30.1 Å². The smallest absolute Gasteiger partial charge is 0.227 e. The Balaban J connectivity index is 1.59. The topological polar surface area (TPSA) is 71.1 Å². The molecule has 1 fully saturated rings. The highest BCUT2D eigenvalue weighted by Crippen LogP contribution is 2.37. The minimum absolute atomic E-state index is 0.0119. The van der Waals surface area contributed by atoms with Crippen LogP contribution in [-0.2, 0) is 11.2 Å². The van der Waals surface area contributed by atoms with Crippen molar-refractivity contribution in [3.8, 4) is 16.9 Å². The molecule has 0 saturated carbocycles. The number of hydrogen-bond acceptors (Lipinski definition) is 4. The second kappa shape index (κ2) is 7.61. The molecular weight excluding hydrogens is 340 g/mol. The van der Waals surface area contributed by atoms with Gasteiger partial charge in [0.1, 0.15) is 5.75 Å². The molecule has 3 heterocycles. The molecule has 1 atom stereocenters. The van der Waals surface area contributed by atoms with Crippen LogP contribution in [-0.4, -0.2) is 39.6 Å². The summed E-state index contributed by atoms with van der Waals surface area (Å²) < 4.78 is 5.34. The molecule has 1 aliphatic rings. The number of carbonyl (C=O) groups excluding carboxylic acids is 1. The van der Waals surface area contributed by atoms with Gasteiger partial charge in [-0.2, -0.15) is 5.10 Å². The SMILES string of the molecule is COc1cccc(-c2cn[nH]c2[C@@H]2CCCN2C(=O)Cc2cccnc2)c1. The van der Waals surface area contributed by atoms with Gasteiger partial charge in [0.25, 0.3) is 0 Å². The Morgan fingerprint density at radius 1 is 1.30 bits per heavy atom. The van der Waals surface area contributed by atoms with Gasteiger partial charge in [0.15, 0.2) is 0 Å². The van der Waals surface area contributed by atoms with E-state index in [0.29, 0.717) is 6.42 Å². The highest BCUT2D eigenvalue weighted by atomic mass is 16.5. The number of nitrogens with one attached hydrogen (secondary N) is 1. The number of ether oxygens (including phenoxy) is 1. The van der Waals surface area contributed by atoms with Crippen molar-refractivity contribution in [2.24, 2.45) is 0 Å². The first-order chi connectivity index (χ1) is 13.3. The number of aromatic amines is 1. The van der Waals surface area contributed by atoms with Crippen LogP contribution in [0.25, 0.3) is 11.1 Å². The molecule has 27 heavy (non-hydrogen) atoms. The summed E-state index contributed by atoms with van der Waals surface area (Å²) in [5, 5.41) is 7.40. The van der Waals surface area contributed by atoms with E-state index in [-0.39, 0.29) is 11.9 Å². The van der Waals surface area contributed by atoms with E-state index in [1.54, 1.807) is 19.5 Å². The van der Waals surface area contributed by atoms with Gasteiger partial charge in [0, 0.05) is 24.5 Å². The highest BCUT2D eigenvalue weighted by Gasteiger charge is 2.32. The summed E-state index contributed by atoms with van der Waals surface area (Å²) in [4.78, 5) is 19.0. The van der Waals surface area contributed by atoms with Gasteiger partial charge in [-0.3, -0.25) is 14.9 Å². The largest absolute Gasteiger partial charge is 0.497 e. The number of H-pyrrole nitrogens is 1. The Kier molecular flexibility index (Phi) is 4.87. The number of aromatic nitrogens is 3. The number of likely N-dealkylation sites (tertiary alicyclic amines) is 1. The molecule has 1 amide bonds. The van der Waals surface area contributed by atoms with Gasteiger partial charge in [-0.05, 0) is 42.2 Å². The molecule has 0 aliphatic carbocycles. The Morgan fingerprint density at radius 3 is 3.04 bits per heavy atom. The molecule has 1 aromatic carbocycles. The van der Waals surface area contributed by atoms with Gasteiger partial charge in [-0.15, -0.1) is 0 Å². The third kappa shape index (κ3) is 3.56. The predicted molar refractivity (Wildman–Crippen MR) is 102 cm³/mol. The van der Waals surface area contributed by atoms with Crippen LogP contribution in [0.3, 0.4) is 0 Å². The number of nitrogens with zero attached hydrogens (tertiary/aromatic N) is 3. The number of rotatable bonds is 5. The van der Waals surface area contributed by atoms with Crippen molar-refractivity contribution in [2.75, 3.05) is 13.7 Å².